The van der Waals surface area contributed by atoms with E-state index in [4.69, 9.17) is 0 Å². The third kappa shape index (κ3) is 3.04. The van der Waals surface area contributed by atoms with E-state index in [9.17, 15) is 26.0 Å². The second kappa shape index (κ2) is 5.21. The zero-order valence-electron chi connectivity index (χ0n) is 11.1. The van der Waals surface area contributed by atoms with E-state index in [2.05, 4.69) is 4.74 Å². The summed E-state index contributed by atoms with van der Waals surface area (Å²) in [6.07, 6.45) is 0. The fourth-order valence-electron chi connectivity index (χ4n) is 1.46. The molecule has 1 rings (SSSR count). The summed E-state index contributed by atoms with van der Waals surface area (Å²) in [6, 6.07) is 0. The Morgan fingerprint density at radius 1 is 0.950 bits per heavy atom. The van der Waals surface area contributed by atoms with E-state index in [1.165, 1.54) is 20.8 Å². The van der Waals surface area contributed by atoms with Crippen LogP contribution < -0.4 is 9.46 Å². The molecular weight excluding hydrogens is 302 g/mol. The van der Waals surface area contributed by atoms with Crippen LogP contribution >= 0.6 is 0 Å². The van der Waals surface area contributed by atoms with Crippen molar-refractivity contribution in [1.82, 2.24) is 4.72 Å². The Kier molecular flexibility index (Phi) is 4.35. The van der Waals surface area contributed by atoms with Crippen LogP contribution in [0.25, 0.3) is 0 Å². The maximum Gasteiger partial charge on any atom is 0.247 e. The van der Waals surface area contributed by atoms with Crippen molar-refractivity contribution in [2.45, 2.75) is 31.2 Å². The van der Waals surface area contributed by atoms with Gasteiger partial charge in [0, 0.05) is 5.54 Å². The van der Waals surface area contributed by atoms with Gasteiger partial charge in [-0.3, -0.25) is 0 Å². The third-order valence-corrected chi connectivity index (χ3v) is 3.87. The highest BCUT2D eigenvalue weighted by atomic mass is 32.2. The van der Waals surface area contributed by atoms with Gasteiger partial charge in [0.25, 0.3) is 0 Å². The molecule has 0 aliphatic heterocycles. The number of ether oxygens (including phenoxy) is 1. The summed E-state index contributed by atoms with van der Waals surface area (Å²) < 4.78 is 84.0. The summed E-state index contributed by atoms with van der Waals surface area (Å²) in [5.41, 5.74) is -1.09. The fraction of sp³-hybridized carbons (Fsp3) is 0.455. The first-order chi connectivity index (χ1) is 8.92. The highest BCUT2D eigenvalue weighted by molar-refractivity contribution is 7.89. The Labute approximate surface area is 113 Å². The molecule has 0 atom stereocenters. The van der Waals surface area contributed by atoms with E-state index in [-0.39, 0.29) is 0 Å². The molecular formula is C11H13F4NO3S. The van der Waals surface area contributed by atoms with E-state index in [0.29, 0.717) is 0 Å². The number of sulfonamides is 1. The number of hydrogen-bond donors (Lipinski definition) is 1. The first-order valence-electron chi connectivity index (χ1n) is 5.36. The molecule has 0 saturated carbocycles. The standard InChI is InChI=1S/C11H13F4NO3S/c1-11(2,3)16-20(17,18)10-7(14)5(12)9(19-4)6(13)8(10)15/h16H,1-4H3. The lowest BCUT2D eigenvalue weighted by Crippen LogP contribution is -2.41. The number of rotatable bonds is 3. The van der Waals surface area contributed by atoms with Crippen LogP contribution in [-0.4, -0.2) is 21.1 Å². The molecule has 0 fully saturated rings. The molecule has 9 heteroatoms. The SMILES string of the molecule is COc1c(F)c(F)c(S(=O)(=O)NC(C)(C)C)c(F)c1F. The predicted molar refractivity (Wildman–Crippen MR) is 62.9 cm³/mol. The molecule has 0 bridgehead atoms. The normalized spacial score (nSPS) is 12.6. The van der Waals surface area contributed by atoms with Crippen LogP contribution in [0.3, 0.4) is 0 Å². The monoisotopic (exact) mass is 315 g/mol. The van der Waals surface area contributed by atoms with E-state index in [1.54, 1.807) is 0 Å². The molecule has 1 aromatic rings. The first-order valence-corrected chi connectivity index (χ1v) is 6.84. The van der Waals surface area contributed by atoms with Crippen molar-refractivity contribution in [3.05, 3.63) is 23.3 Å². The number of benzene rings is 1. The molecule has 0 unspecified atom stereocenters. The second-order valence-corrected chi connectivity index (χ2v) is 6.59. The van der Waals surface area contributed by atoms with Crippen LogP contribution in [0.1, 0.15) is 20.8 Å². The molecule has 0 aromatic heterocycles. The summed E-state index contributed by atoms with van der Waals surface area (Å²) in [5, 5.41) is 0. The van der Waals surface area contributed by atoms with Crippen LogP contribution in [-0.2, 0) is 10.0 Å². The highest BCUT2D eigenvalue weighted by Crippen LogP contribution is 2.32. The number of nitrogens with one attached hydrogen (secondary N) is 1. The highest BCUT2D eigenvalue weighted by Gasteiger charge is 2.35. The maximum absolute atomic E-state index is 13.7. The van der Waals surface area contributed by atoms with Gasteiger partial charge in [-0.25, -0.2) is 21.9 Å². The first kappa shape index (κ1) is 16.7. The lowest BCUT2D eigenvalue weighted by Gasteiger charge is -2.21. The molecule has 0 aliphatic carbocycles. The van der Waals surface area contributed by atoms with Gasteiger partial charge in [0.2, 0.25) is 21.7 Å². The van der Waals surface area contributed by atoms with Crippen LogP contribution in [0.15, 0.2) is 4.90 Å². The van der Waals surface area contributed by atoms with Gasteiger partial charge in [0.1, 0.15) is 0 Å². The molecule has 1 aromatic carbocycles. The summed E-state index contributed by atoms with van der Waals surface area (Å²) in [5.74, 6) is -9.24. The molecule has 20 heavy (non-hydrogen) atoms. The van der Waals surface area contributed by atoms with Crippen molar-refractivity contribution in [1.29, 1.82) is 0 Å². The molecule has 4 nitrogen and oxygen atoms in total. The minimum Gasteiger partial charge on any atom is -0.491 e. The Hall–Kier alpha value is -1.35. The summed E-state index contributed by atoms with van der Waals surface area (Å²) in [7, 11) is -3.99. The van der Waals surface area contributed by atoms with Crippen molar-refractivity contribution in [2.24, 2.45) is 0 Å². The fourth-order valence-corrected chi connectivity index (χ4v) is 3.02. The summed E-state index contributed by atoms with van der Waals surface area (Å²) in [4.78, 5) is -1.72. The van der Waals surface area contributed by atoms with Gasteiger partial charge in [-0.05, 0) is 20.8 Å². The van der Waals surface area contributed by atoms with Gasteiger partial charge < -0.3 is 4.74 Å². The van der Waals surface area contributed by atoms with Crippen molar-refractivity contribution < 1.29 is 30.7 Å². The molecule has 1 N–H and O–H groups in total. The molecule has 0 radical (unpaired) electrons. The lowest BCUT2D eigenvalue weighted by atomic mass is 10.1. The van der Waals surface area contributed by atoms with E-state index >= 15 is 0 Å². The second-order valence-electron chi connectivity index (χ2n) is 4.97. The van der Waals surface area contributed by atoms with E-state index in [1.807, 2.05) is 4.72 Å². The zero-order valence-corrected chi connectivity index (χ0v) is 12.0. The average Bonchev–Trinajstić information content (AvgIpc) is 2.24. The van der Waals surface area contributed by atoms with Crippen molar-refractivity contribution in [3.8, 4) is 5.75 Å². The Bertz CT molecular complexity index is 609. The topological polar surface area (TPSA) is 55.4 Å². The van der Waals surface area contributed by atoms with Gasteiger partial charge in [-0.2, -0.15) is 8.78 Å². The van der Waals surface area contributed by atoms with E-state index in [0.717, 1.165) is 7.11 Å². The van der Waals surface area contributed by atoms with Crippen LogP contribution in [0.4, 0.5) is 17.6 Å². The molecule has 0 saturated heterocycles. The summed E-state index contributed by atoms with van der Waals surface area (Å²) in [6.45, 7) is 4.20. The Balaban J connectivity index is 3.64. The van der Waals surface area contributed by atoms with Crippen molar-refractivity contribution in [2.75, 3.05) is 7.11 Å². The number of methoxy groups -OCH3 is 1. The Morgan fingerprint density at radius 2 is 1.35 bits per heavy atom. The lowest BCUT2D eigenvalue weighted by molar-refractivity contribution is 0.321. The number of hydrogen-bond acceptors (Lipinski definition) is 3. The minimum absolute atomic E-state index is 0.794. The quantitative estimate of drug-likeness (QED) is 0.688. The van der Waals surface area contributed by atoms with Crippen LogP contribution in [0.5, 0.6) is 5.75 Å². The Morgan fingerprint density at radius 3 is 1.65 bits per heavy atom. The van der Waals surface area contributed by atoms with Gasteiger partial charge in [0.15, 0.2) is 22.3 Å². The predicted octanol–water partition coefficient (Wildman–Crippen LogP) is 2.33. The molecule has 114 valence electrons. The summed E-state index contributed by atoms with van der Waals surface area (Å²) >= 11 is 0. The van der Waals surface area contributed by atoms with Crippen LogP contribution in [0, 0.1) is 23.3 Å². The largest absolute Gasteiger partial charge is 0.491 e. The van der Waals surface area contributed by atoms with Gasteiger partial charge >= 0.3 is 0 Å². The average molecular weight is 315 g/mol. The zero-order chi connectivity index (χ0) is 15.9. The van der Waals surface area contributed by atoms with Crippen LogP contribution in [0.2, 0.25) is 0 Å². The minimum atomic E-state index is -4.78. The van der Waals surface area contributed by atoms with E-state index < -0.39 is 49.5 Å². The molecule has 0 aliphatic rings. The molecule has 0 spiro atoms. The third-order valence-electron chi connectivity index (χ3n) is 2.10. The van der Waals surface area contributed by atoms with Gasteiger partial charge in [-0.15, -0.1) is 0 Å². The molecule has 0 heterocycles. The van der Waals surface area contributed by atoms with Gasteiger partial charge in [0.05, 0.1) is 7.11 Å². The maximum atomic E-state index is 13.7. The molecule has 0 amide bonds. The van der Waals surface area contributed by atoms with Crippen molar-refractivity contribution in [3.63, 3.8) is 0 Å². The van der Waals surface area contributed by atoms with Gasteiger partial charge in [-0.1, -0.05) is 0 Å². The number of halogens is 4. The van der Waals surface area contributed by atoms with Crippen molar-refractivity contribution >= 4 is 10.0 Å². The smallest absolute Gasteiger partial charge is 0.247 e.